The minimum atomic E-state index is -1.98. The number of ether oxygens (including phenoxy) is 6. The number of amides is 1. The Hall–Kier alpha value is -2.77. The van der Waals surface area contributed by atoms with Crippen LogP contribution in [0, 0.1) is 0 Å². The maximum atomic E-state index is 13.3. The first-order valence-electron chi connectivity index (χ1n) is 32.7. The second-order valence-corrected chi connectivity index (χ2v) is 23.2. The van der Waals surface area contributed by atoms with Gasteiger partial charge >= 0.3 is 0 Å². The van der Waals surface area contributed by atoms with Crippen LogP contribution in [-0.4, -0.2) is 193 Å². The van der Waals surface area contributed by atoms with Crippen molar-refractivity contribution in [2.75, 3.05) is 26.4 Å². The van der Waals surface area contributed by atoms with Crippen molar-refractivity contribution in [3.05, 3.63) is 72.9 Å². The summed E-state index contributed by atoms with van der Waals surface area (Å²) in [6.07, 6.45) is 31.9. The molecule has 0 saturated carbocycles. The Morgan fingerprint density at radius 1 is 0.435 bits per heavy atom. The fourth-order valence-electron chi connectivity index (χ4n) is 10.7. The molecule has 3 saturated heterocycles. The maximum Gasteiger partial charge on any atom is 0.220 e. The molecule has 3 heterocycles. The fourth-order valence-corrected chi connectivity index (χ4v) is 10.7. The van der Waals surface area contributed by atoms with Crippen molar-refractivity contribution in [2.45, 2.75) is 311 Å². The average molecular weight is 1210 g/mol. The Morgan fingerprint density at radius 3 is 1.32 bits per heavy atom. The number of rotatable bonds is 48. The second-order valence-electron chi connectivity index (χ2n) is 23.2. The summed E-state index contributed by atoms with van der Waals surface area (Å²) in [5.41, 5.74) is 0. The molecule has 492 valence electrons. The Bertz CT molecular complexity index is 1830. The second kappa shape index (κ2) is 48.1. The van der Waals surface area contributed by atoms with E-state index in [4.69, 9.17) is 28.4 Å². The SMILES string of the molecule is CC/C=C\C/C=C\C/C=C\C/C=C\CCCCCCCCCCCCCCCCCCC(=O)NC(COC1OC(CO)C(OC2OC(CO)C(OC3OC(CO)C(O)C(O)C3O)C(O)C2O)C(O)C1O)C(O)/C=C/CC/C=C/CCCCCCC. The number of aliphatic hydroxyl groups is 11. The molecule has 3 rings (SSSR count). The highest BCUT2D eigenvalue weighted by atomic mass is 16.8. The van der Waals surface area contributed by atoms with Gasteiger partial charge in [-0.2, -0.15) is 0 Å². The maximum absolute atomic E-state index is 13.3. The first-order valence-corrected chi connectivity index (χ1v) is 32.7. The Morgan fingerprint density at radius 2 is 0.824 bits per heavy atom. The van der Waals surface area contributed by atoms with Crippen LogP contribution in [0.3, 0.4) is 0 Å². The number of nitrogens with one attached hydrogen (secondary N) is 1. The predicted octanol–water partition coefficient (Wildman–Crippen LogP) is 7.38. The zero-order valence-electron chi connectivity index (χ0n) is 51.6. The summed E-state index contributed by atoms with van der Waals surface area (Å²) in [5.74, 6) is -0.289. The van der Waals surface area contributed by atoms with Crippen molar-refractivity contribution < 1.29 is 89.4 Å². The summed E-state index contributed by atoms with van der Waals surface area (Å²) in [6, 6.07) is -0.991. The number of hydrogen-bond donors (Lipinski definition) is 12. The van der Waals surface area contributed by atoms with Gasteiger partial charge in [0.1, 0.15) is 73.2 Å². The first kappa shape index (κ1) is 76.5. The van der Waals surface area contributed by atoms with Gasteiger partial charge in [-0.3, -0.25) is 4.79 Å². The number of carbonyl (C=O) groups is 1. The summed E-state index contributed by atoms with van der Waals surface area (Å²) in [4.78, 5) is 13.3. The van der Waals surface area contributed by atoms with Gasteiger partial charge < -0.3 is 89.9 Å². The third kappa shape index (κ3) is 31.0. The smallest absolute Gasteiger partial charge is 0.220 e. The number of carbonyl (C=O) groups excluding carboxylic acids is 1. The van der Waals surface area contributed by atoms with E-state index < -0.39 is 124 Å². The molecule has 3 aliphatic heterocycles. The summed E-state index contributed by atoms with van der Waals surface area (Å²) in [6.45, 7) is 1.55. The largest absolute Gasteiger partial charge is 0.394 e. The fraction of sp³-hybridized carbons (Fsp3) is 0.803. The lowest BCUT2D eigenvalue weighted by Crippen LogP contribution is -2.66. The summed E-state index contributed by atoms with van der Waals surface area (Å²) >= 11 is 0. The van der Waals surface area contributed by atoms with Gasteiger partial charge in [0, 0.05) is 6.42 Å². The summed E-state index contributed by atoms with van der Waals surface area (Å²) in [7, 11) is 0. The highest BCUT2D eigenvalue weighted by Crippen LogP contribution is 2.33. The van der Waals surface area contributed by atoms with E-state index in [1.54, 1.807) is 6.08 Å². The quantitative estimate of drug-likeness (QED) is 0.0209. The van der Waals surface area contributed by atoms with Gasteiger partial charge in [0.15, 0.2) is 18.9 Å². The van der Waals surface area contributed by atoms with E-state index in [2.05, 4.69) is 79.9 Å². The number of unbranched alkanes of at least 4 members (excludes halogenated alkanes) is 22. The van der Waals surface area contributed by atoms with Crippen molar-refractivity contribution in [1.82, 2.24) is 5.32 Å². The lowest BCUT2D eigenvalue weighted by Gasteiger charge is -2.48. The zero-order chi connectivity index (χ0) is 61.9. The molecule has 0 radical (unpaired) electrons. The van der Waals surface area contributed by atoms with E-state index in [1.807, 2.05) is 6.08 Å². The van der Waals surface area contributed by atoms with Crippen LogP contribution in [0.25, 0.3) is 0 Å². The third-order valence-electron chi connectivity index (χ3n) is 16.0. The molecule has 3 aliphatic rings. The molecule has 85 heavy (non-hydrogen) atoms. The lowest BCUT2D eigenvalue weighted by atomic mass is 9.96. The van der Waals surface area contributed by atoms with Crippen LogP contribution in [-0.2, 0) is 33.2 Å². The first-order chi connectivity index (χ1) is 41.3. The third-order valence-corrected chi connectivity index (χ3v) is 16.0. The van der Waals surface area contributed by atoms with E-state index in [0.29, 0.717) is 12.8 Å². The predicted molar refractivity (Wildman–Crippen MR) is 328 cm³/mol. The minimum Gasteiger partial charge on any atom is -0.394 e. The van der Waals surface area contributed by atoms with Gasteiger partial charge in [0.2, 0.25) is 5.91 Å². The molecule has 3 fully saturated rings. The standard InChI is InChI=1S/C66H115NO18/c1-3-5-7-9-11-13-15-16-17-18-19-20-21-22-23-24-25-26-27-28-29-30-31-32-34-36-38-40-42-44-54(72)67-49(50(71)43-41-39-37-35-33-14-12-10-8-6-4-2)48-80-64-60(78)57(75)62(52(46-69)82-64)85-66-61(79)58(76)63(53(47-70)83-66)84-65-59(77)56(74)55(73)51(45-68)81-65/h5,7,11,13,16-17,19-20,33,35,41,43,49-53,55-66,68-71,73-79H,3-4,6,8-10,12,14-15,18,21-32,34,36-40,42,44-48H2,1-2H3,(H,67,72)/b7-5-,13-11-,17-16-,20-19-,35-33+,43-41+. The molecule has 0 aromatic heterocycles. The van der Waals surface area contributed by atoms with Crippen LogP contribution >= 0.6 is 0 Å². The molecule has 0 aromatic rings. The zero-order valence-corrected chi connectivity index (χ0v) is 51.6. The van der Waals surface area contributed by atoms with E-state index in [-0.39, 0.29) is 18.9 Å². The molecule has 17 unspecified atom stereocenters. The molecule has 0 bridgehead atoms. The number of aliphatic hydroxyl groups excluding tert-OH is 11. The minimum absolute atomic E-state index is 0.233. The average Bonchev–Trinajstić information content (AvgIpc) is 3.05. The highest BCUT2D eigenvalue weighted by Gasteiger charge is 2.53. The number of hydrogen-bond acceptors (Lipinski definition) is 18. The summed E-state index contributed by atoms with van der Waals surface area (Å²) < 4.78 is 34.2. The molecule has 19 nitrogen and oxygen atoms in total. The van der Waals surface area contributed by atoms with Gasteiger partial charge in [-0.1, -0.05) is 202 Å². The molecule has 12 N–H and O–H groups in total. The van der Waals surface area contributed by atoms with Crippen molar-refractivity contribution >= 4 is 5.91 Å². The van der Waals surface area contributed by atoms with Crippen molar-refractivity contribution in [2.24, 2.45) is 0 Å². The van der Waals surface area contributed by atoms with Crippen LogP contribution < -0.4 is 5.32 Å². The Labute approximate surface area is 508 Å². The van der Waals surface area contributed by atoms with Gasteiger partial charge in [-0.15, -0.1) is 0 Å². The molecule has 0 aromatic carbocycles. The normalized spacial score (nSPS) is 29.4. The molecule has 0 spiro atoms. The molecular weight excluding hydrogens is 1090 g/mol. The lowest BCUT2D eigenvalue weighted by molar-refractivity contribution is -0.379. The molecular formula is C66H115NO18. The molecule has 17 atom stereocenters. The van der Waals surface area contributed by atoms with Crippen molar-refractivity contribution in [3.63, 3.8) is 0 Å². The van der Waals surface area contributed by atoms with Crippen LogP contribution in [0.15, 0.2) is 72.9 Å². The van der Waals surface area contributed by atoms with E-state index in [9.17, 15) is 61.0 Å². The van der Waals surface area contributed by atoms with E-state index in [0.717, 1.165) is 64.2 Å². The highest BCUT2D eigenvalue weighted by molar-refractivity contribution is 5.76. The topological polar surface area (TPSA) is 307 Å². The van der Waals surface area contributed by atoms with Crippen LogP contribution in [0.1, 0.15) is 206 Å². The van der Waals surface area contributed by atoms with Crippen LogP contribution in [0.2, 0.25) is 0 Å². The van der Waals surface area contributed by atoms with Gasteiger partial charge in [-0.25, -0.2) is 0 Å². The van der Waals surface area contributed by atoms with Gasteiger partial charge in [0.25, 0.3) is 0 Å². The summed E-state index contributed by atoms with van der Waals surface area (Å²) in [5, 5.41) is 120. The molecule has 1 amide bonds. The van der Waals surface area contributed by atoms with Crippen LogP contribution in [0.4, 0.5) is 0 Å². The Kier molecular flexibility index (Phi) is 43.3. The van der Waals surface area contributed by atoms with Gasteiger partial charge in [-0.05, 0) is 70.6 Å². The van der Waals surface area contributed by atoms with E-state index in [1.165, 1.54) is 109 Å². The van der Waals surface area contributed by atoms with Crippen molar-refractivity contribution in [3.8, 4) is 0 Å². The Balaban J connectivity index is 1.39. The molecule has 19 heteroatoms. The monoisotopic (exact) mass is 1210 g/mol. The van der Waals surface area contributed by atoms with Gasteiger partial charge in [0.05, 0.1) is 38.6 Å². The van der Waals surface area contributed by atoms with Crippen LogP contribution in [0.5, 0.6) is 0 Å². The van der Waals surface area contributed by atoms with Crippen molar-refractivity contribution in [1.29, 1.82) is 0 Å². The number of allylic oxidation sites excluding steroid dienone is 11. The van der Waals surface area contributed by atoms with E-state index >= 15 is 0 Å². The molecule has 0 aliphatic carbocycles.